The fourth-order valence-corrected chi connectivity index (χ4v) is 3.63. The zero-order valence-corrected chi connectivity index (χ0v) is 18.0. The Kier molecular flexibility index (Phi) is 5.54. The minimum Gasteiger partial charge on any atom is -0.486 e. The Hall–Kier alpha value is -3.20. The first-order valence-corrected chi connectivity index (χ1v) is 10.2. The smallest absolute Gasteiger partial charge is 0.291 e. The summed E-state index contributed by atoms with van der Waals surface area (Å²) in [5.74, 6) is -0.241. The van der Waals surface area contributed by atoms with Crippen LogP contribution in [-0.4, -0.2) is 45.8 Å². The summed E-state index contributed by atoms with van der Waals surface area (Å²) in [4.78, 5) is 31.3. The lowest BCUT2D eigenvalue weighted by Gasteiger charge is -2.23. The number of anilines is 1. The van der Waals surface area contributed by atoms with Gasteiger partial charge < -0.3 is 15.0 Å². The van der Waals surface area contributed by atoms with Crippen LogP contribution in [0.15, 0.2) is 59.3 Å². The maximum absolute atomic E-state index is 13.0. The molecule has 2 amide bonds. The van der Waals surface area contributed by atoms with Crippen molar-refractivity contribution in [1.29, 1.82) is 0 Å². The summed E-state index contributed by atoms with van der Waals surface area (Å²) < 4.78 is 8.35. The van der Waals surface area contributed by atoms with Crippen molar-refractivity contribution in [3.8, 4) is 5.75 Å². The number of fused-ring (bicyclic) bond motifs is 1. The molecule has 0 fully saturated rings. The first-order valence-electron chi connectivity index (χ1n) is 9.40. The fourth-order valence-electron chi connectivity index (χ4n) is 3.28. The molecule has 1 aliphatic rings. The molecule has 0 aliphatic carbocycles. The van der Waals surface area contributed by atoms with Crippen molar-refractivity contribution in [1.82, 2.24) is 20.1 Å². The summed E-state index contributed by atoms with van der Waals surface area (Å²) >= 11 is 3.41. The summed E-state index contributed by atoms with van der Waals surface area (Å²) in [6, 6.07) is 14.3. The Morgan fingerprint density at radius 1 is 1.23 bits per heavy atom. The standard InChI is InChI=1S/C21H20BrN5O3/c1-13-18(21(29)26(2)16-10-15(22)8-9-17(16)30-13)24-20(28)19-23-12-27(25-19)11-14-6-4-3-5-7-14/h3-10,12-13,18H,11H2,1-2H3,(H,24,28)/t13-,18-/m0/s1. The van der Waals surface area contributed by atoms with Crippen molar-refractivity contribution in [3.63, 3.8) is 0 Å². The molecule has 1 aliphatic heterocycles. The largest absolute Gasteiger partial charge is 0.486 e. The van der Waals surface area contributed by atoms with Crippen LogP contribution in [-0.2, 0) is 11.3 Å². The lowest BCUT2D eigenvalue weighted by atomic mass is 10.1. The molecular weight excluding hydrogens is 450 g/mol. The van der Waals surface area contributed by atoms with Crippen LogP contribution in [0.5, 0.6) is 5.75 Å². The highest BCUT2D eigenvalue weighted by Gasteiger charge is 2.36. The van der Waals surface area contributed by atoms with E-state index < -0.39 is 18.1 Å². The monoisotopic (exact) mass is 469 g/mol. The zero-order chi connectivity index (χ0) is 21.3. The average Bonchev–Trinajstić information content (AvgIpc) is 3.18. The van der Waals surface area contributed by atoms with Gasteiger partial charge in [0.1, 0.15) is 24.2 Å². The topological polar surface area (TPSA) is 89.4 Å². The van der Waals surface area contributed by atoms with Gasteiger partial charge in [0, 0.05) is 11.5 Å². The van der Waals surface area contributed by atoms with Gasteiger partial charge in [-0.2, -0.15) is 0 Å². The molecule has 1 N–H and O–H groups in total. The third-order valence-corrected chi connectivity index (χ3v) is 5.37. The number of hydrogen-bond acceptors (Lipinski definition) is 5. The summed E-state index contributed by atoms with van der Waals surface area (Å²) in [6.45, 7) is 2.24. The number of hydrogen-bond donors (Lipinski definition) is 1. The molecule has 2 aromatic carbocycles. The van der Waals surface area contributed by atoms with Gasteiger partial charge in [0.25, 0.3) is 11.8 Å². The van der Waals surface area contributed by atoms with E-state index in [-0.39, 0.29) is 11.7 Å². The Morgan fingerprint density at radius 2 is 2.00 bits per heavy atom. The maximum atomic E-state index is 13.0. The second kappa shape index (κ2) is 8.27. The van der Waals surface area contributed by atoms with Crippen LogP contribution in [0.3, 0.4) is 0 Å². The van der Waals surface area contributed by atoms with Crippen molar-refractivity contribution in [2.24, 2.45) is 0 Å². The van der Waals surface area contributed by atoms with E-state index in [0.717, 1.165) is 10.0 Å². The molecule has 3 aromatic rings. The van der Waals surface area contributed by atoms with Crippen molar-refractivity contribution in [2.45, 2.75) is 25.6 Å². The van der Waals surface area contributed by atoms with E-state index in [2.05, 4.69) is 31.3 Å². The van der Waals surface area contributed by atoms with E-state index in [9.17, 15) is 9.59 Å². The Bertz CT molecular complexity index is 1090. The maximum Gasteiger partial charge on any atom is 0.291 e. The molecular formula is C21H20BrN5O3. The summed E-state index contributed by atoms with van der Waals surface area (Å²) in [7, 11) is 1.65. The van der Waals surface area contributed by atoms with Crippen LogP contribution in [0.25, 0.3) is 0 Å². The van der Waals surface area contributed by atoms with E-state index in [1.807, 2.05) is 36.4 Å². The number of amides is 2. The van der Waals surface area contributed by atoms with Crippen LogP contribution in [0.1, 0.15) is 23.1 Å². The van der Waals surface area contributed by atoms with Gasteiger partial charge in [-0.15, -0.1) is 5.10 Å². The third-order valence-electron chi connectivity index (χ3n) is 4.87. The molecule has 8 nitrogen and oxygen atoms in total. The lowest BCUT2D eigenvalue weighted by molar-refractivity contribution is -0.121. The van der Waals surface area contributed by atoms with Gasteiger partial charge in [0.15, 0.2) is 0 Å². The number of likely N-dealkylation sites (N-methyl/N-ethyl adjacent to an activating group) is 1. The second-order valence-corrected chi connectivity index (χ2v) is 7.95. The number of carbonyl (C=O) groups excluding carboxylic acids is 2. The highest BCUT2D eigenvalue weighted by Crippen LogP contribution is 2.34. The van der Waals surface area contributed by atoms with Crippen LogP contribution in [0.2, 0.25) is 0 Å². The fraction of sp³-hybridized carbons (Fsp3) is 0.238. The molecule has 1 aromatic heterocycles. The predicted octanol–water partition coefficient (Wildman–Crippen LogP) is 2.63. The number of aromatic nitrogens is 3. The van der Waals surface area contributed by atoms with Gasteiger partial charge in [-0.25, -0.2) is 9.67 Å². The molecule has 0 bridgehead atoms. The number of ether oxygens (including phenoxy) is 1. The van der Waals surface area contributed by atoms with Crippen LogP contribution in [0, 0.1) is 0 Å². The van der Waals surface area contributed by atoms with Crippen molar-refractivity contribution in [3.05, 3.63) is 70.7 Å². The number of halogens is 1. The second-order valence-electron chi connectivity index (χ2n) is 7.03. The van der Waals surface area contributed by atoms with Gasteiger partial charge in [-0.1, -0.05) is 46.3 Å². The highest BCUT2D eigenvalue weighted by molar-refractivity contribution is 9.10. The van der Waals surface area contributed by atoms with Crippen molar-refractivity contribution >= 4 is 33.4 Å². The predicted molar refractivity (Wildman–Crippen MR) is 114 cm³/mol. The highest BCUT2D eigenvalue weighted by atomic mass is 79.9. The molecule has 154 valence electrons. The van der Waals surface area contributed by atoms with Crippen molar-refractivity contribution < 1.29 is 14.3 Å². The van der Waals surface area contributed by atoms with Crippen molar-refractivity contribution in [2.75, 3.05) is 11.9 Å². The van der Waals surface area contributed by atoms with Gasteiger partial charge >= 0.3 is 0 Å². The lowest BCUT2D eigenvalue weighted by Crippen LogP contribution is -2.53. The van der Waals surface area contributed by atoms with E-state index >= 15 is 0 Å². The first kappa shape index (κ1) is 20.1. The molecule has 0 saturated carbocycles. The number of carbonyl (C=O) groups is 2. The van der Waals surface area contributed by atoms with E-state index in [4.69, 9.17) is 4.74 Å². The van der Waals surface area contributed by atoms with E-state index in [1.165, 1.54) is 11.2 Å². The van der Waals surface area contributed by atoms with E-state index in [1.54, 1.807) is 30.8 Å². The van der Waals surface area contributed by atoms with Gasteiger partial charge in [-0.05, 0) is 30.7 Å². The molecule has 2 heterocycles. The molecule has 9 heteroatoms. The molecule has 30 heavy (non-hydrogen) atoms. The molecule has 0 radical (unpaired) electrons. The number of nitrogens with one attached hydrogen (secondary N) is 1. The van der Waals surface area contributed by atoms with E-state index in [0.29, 0.717) is 18.0 Å². The molecule has 2 atom stereocenters. The number of rotatable bonds is 4. The quantitative estimate of drug-likeness (QED) is 0.634. The third kappa shape index (κ3) is 4.06. The normalized spacial score (nSPS) is 18.4. The molecule has 0 unspecified atom stereocenters. The molecule has 0 saturated heterocycles. The van der Waals surface area contributed by atoms with Gasteiger partial charge in [-0.3, -0.25) is 9.59 Å². The zero-order valence-electron chi connectivity index (χ0n) is 16.4. The number of nitrogens with zero attached hydrogens (tertiary/aromatic N) is 4. The summed E-state index contributed by atoms with van der Waals surface area (Å²) in [5, 5.41) is 6.96. The van der Waals surface area contributed by atoms with Crippen LogP contribution >= 0.6 is 15.9 Å². The Balaban J connectivity index is 1.50. The summed E-state index contributed by atoms with van der Waals surface area (Å²) in [6.07, 6.45) is 0.925. The minimum atomic E-state index is -0.880. The average molecular weight is 470 g/mol. The molecule has 4 rings (SSSR count). The van der Waals surface area contributed by atoms with Crippen LogP contribution in [0.4, 0.5) is 5.69 Å². The Labute approximate surface area is 182 Å². The van der Waals surface area contributed by atoms with Crippen LogP contribution < -0.4 is 15.0 Å². The van der Waals surface area contributed by atoms with Gasteiger partial charge in [0.05, 0.1) is 12.2 Å². The molecule has 0 spiro atoms. The summed E-state index contributed by atoms with van der Waals surface area (Å²) in [5.41, 5.74) is 1.67. The Morgan fingerprint density at radius 3 is 2.77 bits per heavy atom. The number of benzene rings is 2. The SMILES string of the molecule is C[C@@H]1Oc2ccc(Br)cc2N(C)C(=O)[C@H]1NC(=O)c1ncn(Cc2ccccc2)n1. The first-order chi connectivity index (χ1) is 14.4. The minimum absolute atomic E-state index is 0.00177. The van der Waals surface area contributed by atoms with Gasteiger partial charge in [0.2, 0.25) is 5.82 Å².